The minimum atomic E-state index is -0.470. The van der Waals surface area contributed by atoms with Gasteiger partial charge in [0.25, 0.3) is 5.91 Å². The van der Waals surface area contributed by atoms with Gasteiger partial charge in [-0.2, -0.15) is 0 Å². The van der Waals surface area contributed by atoms with Crippen molar-refractivity contribution in [2.45, 2.75) is 66.0 Å². The molecule has 3 nitrogen and oxygen atoms in total. The van der Waals surface area contributed by atoms with E-state index in [1.165, 1.54) is 22.3 Å². The Hall–Kier alpha value is -2.29. The van der Waals surface area contributed by atoms with E-state index in [1.54, 1.807) is 0 Å². The van der Waals surface area contributed by atoms with Gasteiger partial charge in [-0.15, -0.1) is 0 Å². The molecule has 0 aliphatic carbocycles. The van der Waals surface area contributed by atoms with Gasteiger partial charge in [0, 0.05) is 6.54 Å². The van der Waals surface area contributed by atoms with Crippen LogP contribution in [0.1, 0.15) is 56.4 Å². The largest absolute Gasteiger partial charge is 0.481 e. The van der Waals surface area contributed by atoms with Crippen LogP contribution >= 0.6 is 0 Å². The molecular weight excluding hydrogens is 322 g/mol. The van der Waals surface area contributed by atoms with Crippen molar-refractivity contribution in [1.82, 2.24) is 5.32 Å². The molecule has 3 heteroatoms. The van der Waals surface area contributed by atoms with Crippen LogP contribution in [0.15, 0.2) is 42.5 Å². The molecule has 140 valence electrons. The summed E-state index contributed by atoms with van der Waals surface area (Å²) in [5.74, 6) is 0.683. The van der Waals surface area contributed by atoms with Crippen molar-refractivity contribution in [2.75, 3.05) is 0 Å². The van der Waals surface area contributed by atoms with E-state index in [2.05, 4.69) is 44.3 Å². The first-order valence-corrected chi connectivity index (χ1v) is 9.75. The van der Waals surface area contributed by atoms with E-state index in [0.29, 0.717) is 13.0 Å². The summed E-state index contributed by atoms with van der Waals surface area (Å²) in [6, 6.07) is 14.5. The summed E-state index contributed by atoms with van der Waals surface area (Å²) < 4.78 is 5.90. The van der Waals surface area contributed by atoms with Crippen LogP contribution < -0.4 is 10.1 Å². The van der Waals surface area contributed by atoms with Crippen molar-refractivity contribution in [1.29, 1.82) is 0 Å². The summed E-state index contributed by atoms with van der Waals surface area (Å²) >= 11 is 0. The predicted octanol–water partition coefficient (Wildman–Crippen LogP) is 4.85. The molecule has 0 saturated heterocycles. The van der Waals surface area contributed by atoms with Gasteiger partial charge in [0.15, 0.2) is 6.10 Å². The first kappa shape index (κ1) is 20.0. The lowest BCUT2D eigenvalue weighted by Gasteiger charge is -2.18. The van der Waals surface area contributed by atoms with Crippen LogP contribution in [0, 0.1) is 0 Å². The van der Waals surface area contributed by atoms with Crippen molar-refractivity contribution in [3.05, 3.63) is 64.7 Å². The van der Waals surface area contributed by atoms with E-state index in [9.17, 15) is 4.79 Å². The normalized spacial score (nSPS) is 11.8. The Morgan fingerprint density at radius 2 is 1.54 bits per heavy atom. The van der Waals surface area contributed by atoms with Gasteiger partial charge in [-0.05, 0) is 60.1 Å². The lowest BCUT2D eigenvalue weighted by atomic mass is 10.0. The van der Waals surface area contributed by atoms with Gasteiger partial charge < -0.3 is 10.1 Å². The SMILES string of the molecule is CCc1ccc(O[C@H](CC)C(=O)NCc2cc(CC)ccc2CC)cc1. The molecule has 1 atom stereocenters. The second-order valence-electron chi connectivity index (χ2n) is 6.54. The Bertz CT molecular complexity index is 707. The summed E-state index contributed by atoms with van der Waals surface area (Å²) in [5.41, 5.74) is 5.04. The smallest absolute Gasteiger partial charge is 0.261 e. The van der Waals surface area contributed by atoms with E-state index in [0.717, 1.165) is 25.0 Å². The fourth-order valence-corrected chi connectivity index (χ4v) is 3.00. The third kappa shape index (κ3) is 5.35. The first-order chi connectivity index (χ1) is 12.6. The van der Waals surface area contributed by atoms with E-state index in [4.69, 9.17) is 4.74 Å². The highest BCUT2D eigenvalue weighted by molar-refractivity contribution is 5.81. The topological polar surface area (TPSA) is 38.3 Å². The maximum Gasteiger partial charge on any atom is 0.261 e. The Morgan fingerprint density at radius 1 is 0.885 bits per heavy atom. The van der Waals surface area contributed by atoms with Crippen molar-refractivity contribution in [3.8, 4) is 5.75 Å². The first-order valence-electron chi connectivity index (χ1n) is 9.75. The lowest BCUT2D eigenvalue weighted by Crippen LogP contribution is -2.37. The number of ether oxygens (including phenoxy) is 1. The Balaban J connectivity index is 2.00. The quantitative estimate of drug-likeness (QED) is 0.700. The summed E-state index contributed by atoms with van der Waals surface area (Å²) in [7, 11) is 0. The number of carbonyl (C=O) groups is 1. The van der Waals surface area contributed by atoms with Gasteiger partial charge in [-0.25, -0.2) is 0 Å². The fourth-order valence-electron chi connectivity index (χ4n) is 3.00. The zero-order valence-electron chi connectivity index (χ0n) is 16.5. The monoisotopic (exact) mass is 353 g/mol. The molecule has 0 aliphatic heterocycles. The molecule has 1 N–H and O–H groups in total. The van der Waals surface area contributed by atoms with Crippen LogP contribution in [0.4, 0.5) is 0 Å². The molecule has 0 unspecified atom stereocenters. The summed E-state index contributed by atoms with van der Waals surface area (Å²) in [6.07, 6.45) is 3.12. The summed E-state index contributed by atoms with van der Waals surface area (Å²) in [5, 5.41) is 3.05. The lowest BCUT2D eigenvalue weighted by molar-refractivity contribution is -0.128. The van der Waals surface area contributed by atoms with E-state index in [1.807, 2.05) is 31.2 Å². The second-order valence-corrected chi connectivity index (χ2v) is 6.54. The zero-order valence-corrected chi connectivity index (χ0v) is 16.5. The van der Waals surface area contributed by atoms with Crippen LogP contribution in [-0.2, 0) is 30.6 Å². The Morgan fingerprint density at radius 3 is 2.12 bits per heavy atom. The van der Waals surface area contributed by atoms with E-state index < -0.39 is 6.10 Å². The van der Waals surface area contributed by atoms with E-state index in [-0.39, 0.29) is 5.91 Å². The molecule has 0 aromatic heterocycles. The Kier molecular flexibility index (Phi) is 7.71. The summed E-state index contributed by atoms with van der Waals surface area (Å²) in [4.78, 5) is 12.6. The van der Waals surface area contributed by atoms with Crippen LogP contribution in [0.25, 0.3) is 0 Å². The van der Waals surface area contributed by atoms with Gasteiger partial charge >= 0.3 is 0 Å². The highest BCUT2D eigenvalue weighted by Crippen LogP contribution is 2.17. The minimum Gasteiger partial charge on any atom is -0.481 e. The van der Waals surface area contributed by atoms with Crippen LogP contribution in [-0.4, -0.2) is 12.0 Å². The molecule has 0 heterocycles. The highest BCUT2D eigenvalue weighted by Gasteiger charge is 2.18. The number of hydrogen-bond acceptors (Lipinski definition) is 2. The molecular formula is C23H31NO2. The summed E-state index contributed by atoms with van der Waals surface area (Å²) in [6.45, 7) is 8.93. The zero-order chi connectivity index (χ0) is 18.9. The van der Waals surface area contributed by atoms with Gasteiger partial charge in [-0.3, -0.25) is 4.79 Å². The molecule has 0 saturated carbocycles. The molecule has 0 aliphatic rings. The maximum absolute atomic E-state index is 12.6. The Labute approximate surface area is 157 Å². The molecule has 2 rings (SSSR count). The highest BCUT2D eigenvalue weighted by atomic mass is 16.5. The van der Waals surface area contributed by atoms with Gasteiger partial charge in [-0.1, -0.05) is 58.0 Å². The van der Waals surface area contributed by atoms with Crippen molar-refractivity contribution >= 4 is 5.91 Å². The average Bonchev–Trinajstić information content (AvgIpc) is 2.70. The second kappa shape index (κ2) is 10.0. The maximum atomic E-state index is 12.6. The molecule has 2 aromatic rings. The number of rotatable bonds is 9. The predicted molar refractivity (Wildman–Crippen MR) is 108 cm³/mol. The third-order valence-corrected chi connectivity index (χ3v) is 4.79. The third-order valence-electron chi connectivity index (χ3n) is 4.79. The van der Waals surface area contributed by atoms with E-state index >= 15 is 0 Å². The average molecular weight is 354 g/mol. The molecule has 0 bridgehead atoms. The molecule has 0 radical (unpaired) electrons. The van der Waals surface area contributed by atoms with Crippen molar-refractivity contribution in [3.63, 3.8) is 0 Å². The van der Waals surface area contributed by atoms with Crippen LogP contribution in [0.3, 0.4) is 0 Å². The number of carbonyl (C=O) groups excluding carboxylic acids is 1. The van der Waals surface area contributed by atoms with Crippen molar-refractivity contribution in [2.24, 2.45) is 0 Å². The van der Waals surface area contributed by atoms with Crippen LogP contribution in [0.5, 0.6) is 5.75 Å². The molecule has 2 aromatic carbocycles. The standard InChI is InChI=1S/C23H31NO2/c1-5-17-10-13-21(14-11-17)26-22(8-4)23(25)24-16-20-15-18(6-2)9-12-19(20)7-3/h9-15,22H,5-8,16H2,1-4H3,(H,24,25)/t22-/m1/s1. The number of aryl methyl sites for hydroxylation is 3. The molecule has 26 heavy (non-hydrogen) atoms. The fraction of sp³-hybridized carbons (Fsp3) is 0.435. The number of nitrogens with one attached hydrogen (secondary N) is 1. The number of hydrogen-bond donors (Lipinski definition) is 1. The van der Waals surface area contributed by atoms with Crippen LogP contribution in [0.2, 0.25) is 0 Å². The van der Waals surface area contributed by atoms with Crippen molar-refractivity contribution < 1.29 is 9.53 Å². The number of benzene rings is 2. The molecule has 0 spiro atoms. The minimum absolute atomic E-state index is 0.0592. The van der Waals surface area contributed by atoms with Gasteiger partial charge in [0.2, 0.25) is 0 Å². The molecule has 1 amide bonds. The van der Waals surface area contributed by atoms with Gasteiger partial charge in [0.05, 0.1) is 0 Å². The van der Waals surface area contributed by atoms with Gasteiger partial charge in [0.1, 0.15) is 5.75 Å². The molecule has 0 fully saturated rings. The number of amides is 1.